The molecule has 0 atom stereocenters. The van der Waals surface area contributed by atoms with Gasteiger partial charge < -0.3 is 10.6 Å². The minimum Gasteiger partial charge on any atom is -0.356 e. The van der Waals surface area contributed by atoms with Crippen molar-refractivity contribution in [1.82, 2.24) is 15.4 Å². The van der Waals surface area contributed by atoms with Gasteiger partial charge in [0.25, 0.3) is 0 Å². The van der Waals surface area contributed by atoms with Crippen molar-refractivity contribution in [3.8, 4) is 0 Å². The molecule has 29 heavy (non-hydrogen) atoms. The molecule has 0 radical (unpaired) electrons. The van der Waals surface area contributed by atoms with Gasteiger partial charge in [-0.25, -0.2) is 13.1 Å². The molecule has 0 spiro atoms. The van der Waals surface area contributed by atoms with E-state index < -0.39 is 21.8 Å². The maximum Gasteiger partial charge on any atom is 0.416 e. The number of nitrogens with one attached hydrogen (secondary N) is 3. The van der Waals surface area contributed by atoms with Crippen molar-refractivity contribution in [3.05, 3.63) is 65.2 Å². The minimum atomic E-state index is -4.34. The van der Waals surface area contributed by atoms with E-state index in [2.05, 4.69) is 20.3 Å². The van der Waals surface area contributed by atoms with Crippen LogP contribution in [-0.4, -0.2) is 35.0 Å². The fourth-order valence-corrected chi connectivity index (χ4v) is 3.33. The number of sulfonamides is 1. The summed E-state index contributed by atoms with van der Waals surface area (Å²) in [5.74, 6) is 0.499. The van der Waals surface area contributed by atoms with Crippen LogP contribution in [0.15, 0.2) is 58.4 Å². The van der Waals surface area contributed by atoms with Crippen LogP contribution in [0.25, 0.3) is 0 Å². The third kappa shape index (κ3) is 6.75. The average molecular weight is 428 g/mol. The molecule has 0 aliphatic heterocycles. The summed E-state index contributed by atoms with van der Waals surface area (Å²) in [5.41, 5.74) is 0.854. The molecular formula is C19H23F3N4O2S. The third-order valence-corrected chi connectivity index (χ3v) is 5.56. The van der Waals surface area contributed by atoms with E-state index in [1.807, 2.05) is 0 Å². The first-order valence-electron chi connectivity index (χ1n) is 8.79. The summed E-state index contributed by atoms with van der Waals surface area (Å²) in [4.78, 5) is 4.25. The fraction of sp³-hybridized carbons (Fsp3) is 0.316. The highest BCUT2D eigenvalue weighted by molar-refractivity contribution is 7.89. The van der Waals surface area contributed by atoms with Gasteiger partial charge >= 0.3 is 6.18 Å². The highest BCUT2D eigenvalue weighted by Gasteiger charge is 2.29. The molecule has 0 unspecified atom stereocenters. The molecule has 158 valence electrons. The molecule has 0 fully saturated rings. The number of alkyl halides is 3. The van der Waals surface area contributed by atoms with E-state index in [1.165, 1.54) is 25.2 Å². The Hall–Kier alpha value is -2.59. The van der Waals surface area contributed by atoms with Crippen molar-refractivity contribution >= 4 is 16.0 Å². The molecule has 10 heteroatoms. The monoisotopic (exact) mass is 428 g/mol. The van der Waals surface area contributed by atoms with Crippen molar-refractivity contribution in [2.24, 2.45) is 4.99 Å². The van der Waals surface area contributed by atoms with E-state index in [0.29, 0.717) is 25.5 Å². The smallest absolute Gasteiger partial charge is 0.356 e. The van der Waals surface area contributed by atoms with Crippen molar-refractivity contribution in [3.63, 3.8) is 0 Å². The zero-order valence-corrected chi connectivity index (χ0v) is 16.9. The summed E-state index contributed by atoms with van der Waals surface area (Å²) in [6.07, 6.45) is -3.82. The molecule has 2 aromatic rings. The van der Waals surface area contributed by atoms with Crippen molar-refractivity contribution in [2.75, 3.05) is 20.6 Å². The predicted molar refractivity (Wildman–Crippen MR) is 106 cm³/mol. The van der Waals surface area contributed by atoms with E-state index >= 15 is 0 Å². The Balaban J connectivity index is 1.86. The summed E-state index contributed by atoms with van der Waals surface area (Å²) >= 11 is 0. The molecule has 0 aromatic heterocycles. The number of hydrogen-bond acceptors (Lipinski definition) is 3. The third-order valence-electron chi connectivity index (χ3n) is 4.15. The van der Waals surface area contributed by atoms with Gasteiger partial charge in [0.1, 0.15) is 0 Å². The molecule has 0 heterocycles. The minimum absolute atomic E-state index is 0.171. The van der Waals surface area contributed by atoms with E-state index in [-0.39, 0.29) is 4.90 Å². The van der Waals surface area contributed by atoms with Gasteiger partial charge in [0.05, 0.1) is 10.5 Å². The molecule has 0 amide bonds. The lowest BCUT2D eigenvalue weighted by atomic mass is 10.1. The molecule has 2 aromatic carbocycles. The Kier molecular flexibility index (Phi) is 7.63. The fourth-order valence-electron chi connectivity index (χ4n) is 2.53. The van der Waals surface area contributed by atoms with Crippen LogP contribution in [0.4, 0.5) is 13.2 Å². The van der Waals surface area contributed by atoms with Crippen LogP contribution < -0.4 is 15.4 Å². The van der Waals surface area contributed by atoms with E-state index in [1.54, 1.807) is 25.2 Å². The van der Waals surface area contributed by atoms with Gasteiger partial charge in [-0.1, -0.05) is 24.3 Å². The normalized spacial score (nSPS) is 12.7. The lowest BCUT2D eigenvalue weighted by molar-refractivity contribution is -0.137. The SMILES string of the molecule is CN=C(NCCc1ccc(C(F)(F)F)cc1)NCc1cccc(S(=O)(=O)NC)c1. The first-order valence-corrected chi connectivity index (χ1v) is 10.3. The second-order valence-corrected chi connectivity index (χ2v) is 8.04. The maximum absolute atomic E-state index is 12.6. The number of benzene rings is 2. The number of nitrogens with zero attached hydrogens (tertiary/aromatic N) is 1. The zero-order valence-electron chi connectivity index (χ0n) is 16.0. The Bertz CT molecular complexity index is 943. The first kappa shape index (κ1) is 22.7. The van der Waals surface area contributed by atoms with Gasteiger partial charge in [0.2, 0.25) is 10.0 Å². The zero-order chi connectivity index (χ0) is 21.5. The van der Waals surface area contributed by atoms with E-state index in [4.69, 9.17) is 0 Å². The van der Waals surface area contributed by atoms with Crippen LogP contribution in [0.2, 0.25) is 0 Å². The average Bonchev–Trinajstić information content (AvgIpc) is 2.70. The molecular weight excluding hydrogens is 405 g/mol. The lowest BCUT2D eigenvalue weighted by Crippen LogP contribution is -2.37. The number of aliphatic imine (C=N–C) groups is 1. The Labute approximate surface area is 168 Å². The van der Waals surface area contributed by atoms with E-state index in [0.717, 1.165) is 23.3 Å². The molecule has 0 aliphatic rings. The molecule has 2 rings (SSSR count). The Morgan fingerprint density at radius 3 is 2.31 bits per heavy atom. The Morgan fingerprint density at radius 1 is 1.03 bits per heavy atom. The topological polar surface area (TPSA) is 82.6 Å². The molecule has 0 aliphatic carbocycles. The summed E-state index contributed by atoms with van der Waals surface area (Å²) in [5, 5.41) is 6.15. The quantitative estimate of drug-likeness (QED) is 0.468. The van der Waals surface area contributed by atoms with Crippen LogP contribution in [0.1, 0.15) is 16.7 Å². The summed E-state index contributed by atoms with van der Waals surface area (Å²) in [7, 11) is -0.574. The van der Waals surface area contributed by atoms with Gasteiger partial charge in [-0.3, -0.25) is 4.99 Å². The first-order chi connectivity index (χ1) is 13.7. The largest absolute Gasteiger partial charge is 0.416 e. The second kappa shape index (κ2) is 9.75. The summed E-state index contributed by atoms with van der Waals surface area (Å²) in [6, 6.07) is 11.5. The van der Waals surface area contributed by atoms with Gasteiger partial charge in [-0.2, -0.15) is 13.2 Å². The highest BCUT2D eigenvalue weighted by Crippen LogP contribution is 2.29. The van der Waals surface area contributed by atoms with Crippen LogP contribution in [0.3, 0.4) is 0 Å². The number of guanidine groups is 1. The van der Waals surface area contributed by atoms with Gasteiger partial charge in [-0.05, 0) is 48.9 Å². The van der Waals surface area contributed by atoms with Crippen LogP contribution >= 0.6 is 0 Å². The van der Waals surface area contributed by atoms with Crippen LogP contribution in [0, 0.1) is 0 Å². The molecule has 0 bridgehead atoms. The number of rotatable bonds is 7. The van der Waals surface area contributed by atoms with E-state index in [9.17, 15) is 21.6 Å². The standard InChI is InChI=1S/C19H23F3N4O2S/c1-23-18(25-11-10-14-6-8-16(9-7-14)19(20,21)22)26-13-15-4-3-5-17(12-15)29(27,28)24-2/h3-9,12,24H,10-11,13H2,1-2H3,(H2,23,25,26). The molecule has 6 nitrogen and oxygen atoms in total. The van der Waals surface area contributed by atoms with Crippen LogP contribution in [0.5, 0.6) is 0 Å². The lowest BCUT2D eigenvalue weighted by Gasteiger charge is -2.13. The number of halogens is 3. The Morgan fingerprint density at radius 2 is 1.72 bits per heavy atom. The van der Waals surface area contributed by atoms with Gasteiger partial charge in [-0.15, -0.1) is 0 Å². The highest BCUT2D eigenvalue weighted by atomic mass is 32.2. The van der Waals surface area contributed by atoms with Crippen LogP contribution in [-0.2, 0) is 29.2 Å². The predicted octanol–water partition coefficient (Wildman–Crippen LogP) is 2.52. The molecule has 0 saturated carbocycles. The van der Waals surface area contributed by atoms with Crippen molar-refractivity contribution in [1.29, 1.82) is 0 Å². The second-order valence-electron chi connectivity index (χ2n) is 6.15. The van der Waals surface area contributed by atoms with Crippen molar-refractivity contribution < 1.29 is 21.6 Å². The maximum atomic E-state index is 12.6. The van der Waals surface area contributed by atoms with Crippen molar-refractivity contribution in [2.45, 2.75) is 24.0 Å². The summed E-state index contributed by atoms with van der Waals surface area (Å²) < 4.78 is 63.8. The molecule has 0 saturated heterocycles. The summed E-state index contributed by atoms with van der Waals surface area (Å²) in [6.45, 7) is 0.826. The number of hydrogen-bond donors (Lipinski definition) is 3. The van der Waals surface area contributed by atoms with Gasteiger partial charge in [0.15, 0.2) is 5.96 Å². The van der Waals surface area contributed by atoms with Gasteiger partial charge in [0, 0.05) is 20.1 Å². The molecule has 3 N–H and O–H groups in total.